The molecule has 29 heavy (non-hydrogen) atoms. The van der Waals surface area contributed by atoms with Gasteiger partial charge in [-0.2, -0.15) is 0 Å². The van der Waals surface area contributed by atoms with Crippen LogP contribution in [0.15, 0.2) is 12.7 Å². The van der Waals surface area contributed by atoms with Crippen LogP contribution < -0.4 is 10.6 Å². The Balaban J connectivity index is 2.21. The van der Waals surface area contributed by atoms with Crippen LogP contribution in [0.2, 0.25) is 0 Å². The Morgan fingerprint density at radius 3 is 2.59 bits per heavy atom. The molecule has 2 aromatic rings. The zero-order valence-corrected chi connectivity index (χ0v) is 19.0. The Morgan fingerprint density at radius 2 is 2.00 bits per heavy atom. The van der Waals surface area contributed by atoms with Gasteiger partial charge in [0.1, 0.15) is 18.6 Å². The minimum absolute atomic E-state index is 0.0506. The molecule has 2 heterocycles. The quantitative estimate of drug-likeness (QED) is 0.519. The lowest BCUT2D eigenvalue weighted by atomic mass is 9.89. The molecule has 164 valence electrons. The van der Waals surface area contributed by atoms with E-state index >= 15 is 0 Å². The third kappa shape index (κ3) is 7.21. The standard InChI is InChI=1S/C17H30N5O5PS/c1-11(2)27-28(24,29)25-8-12(6-17(3,4)5)26-13(7-23)22-10-21-14-15(18)19-9-20-16(14)22/h9-13,23H,6-8H2,1-5H3,(H,24,29)(H2,18,19,20)/p-1/t12-,13-,28?/m1/s1. The lowest BCUT2D eigenvalue weighted by Crippen LogP contribution is -2.31. The summed E-state index contributed by atoms with van der Waals surface area (Å²) in [6.07, 6.45) is 1.71. The molecule has 12 heteroatoms. The van der Waals surface area contributed by atoms with Crippen molar-refractivity contribution in [2.45, 2.75) is 59.5 Å². The molecule has 0 saturated carbocycles. The Labute approximate surface area is 175 Å². The van der Waals surface area contributed by atoms with E-state index in [0.29, 0.717) is 17.6 Å². The highest BCUT2D eigenvalue weighted by Gasteiger charge is 2.26. The summed E-state index contributed by atoms with van der Waals surface area (Å²) in [5, 5.41) is 9.93. The first-order chi connectivity index (χ1) is 13.4. The maximum atomic E-state index is 12.3. The van der Waals surface area contributed by atoms with Gasteiger partial charge in [0.25, 0.3) is 0 Å². The number of rotatable bonds is 10. The normalized spacial score (nSPS) is 16.8. The maximum Gasteiger partial charge on any atom is 0.167 e. The second kappa shape index (κ2) is 9.74. The second-order valence-corrected chi connectivity index (χ2v) is 10.8. The number of aliphatic hydroxyl groups excluding tert-OH is 1. The summed E-state index contributed by atoms with van der Waals surface area (Å²) in [5.41, 5.74) is 6.55. The summed E-state index contributed by atoms with van der Waals surface area (Å²) in [6, 6.07) is 0. The van der Waals surface area contributed by atoms with Gasteiger partial charge in [0.05, 0.1) is 31.7 Å². The van der Waals surface area contributed by atoms with Crippen molar-refractivity contribution in [1.29, 1.82) is 0 Å². The number of nitrogens with zero attached hydrogens (tertiary/aromatic N) is 4. The minimum Gasteiger partial charge on any atom is -0.780 e. The van der Waals surface area contributed by atoms with Gasteiger partial charge in [-0.25, -0.2) is 15.0 Å². The molecule has 0 bridgehead atoms. The van der Waals surface area contributed by atoms with Crippen molar-refractivity contribution in [2.24, 2.45) is 5.41 Å². The van der Waals surface area contributed by atoms with Crippen LogP contribution >= 0.6 is 6.72 Å². The van der Waals surface area contributed by atoms with Crippen molar-refractivity contribution in [2.75, 3.05) is 18.9 Å². The molecule has 0 aliphatic heterocycles. The lowest BCUT2D eigenvalue weighted by molar-refractivity contribution is -0.214. The van der Waals surface area contributed by atoms with Gasteiger partial charge in [0.2, 0.25) is 0 Å². The molecule has 0 aliphatic carbocycles. The molecule has 10 nitrogen and oxygen atoms in total. The Kier molecular flexibility index (Phi) is 8.08. The maximum absolute atomic E-state index is 12.3. The smallest absolute Gasteiger partial charge is 0.167 e. The van der Waals surface area contributed by atoms with Gasteiger partial charge in [-0.05, 0) is 25.7 Å². The van der Waals surface area contributed by atoms with E-state index in [-0.39, 0.29) is 30.6 Å². The average molecular weight is 446 g/mol. The number of fused-ring (bicyclic) bond motifs is 1. The van der Waals surface area contributed by atoms with Crippen LogP contribution in [0.25, 0.3) is 11.2 Å². The van der Waals surface area contributed by atoms with Crippen LogP contribution in [0.5, 0.6) is 0 Å². The molecule has 2 rings (SSSR count). The fraction of sp³-hybridized carbons (Fsp3) is 0.706. The summed E-state index contributed by atoms with van der Waals surface area (Å²) in [4.78, 5) is 24.6. The highest BCUT2D eigenvalue weighted by atomic mass is 32.5. The number of aromatic nitrogens is 4. The Morgan fingerprint density at radius 1 is 1.31 bits per heavy atom. The predicted molar refractivity (Wildman–Crippen MR) is 111 cm³/mol. The van der Waals surface area contributed by atoms with Crippen LogP contribution in [0.3, 0.4) is 0 Å². The summed E-state index contributed by atoms with van der Waals surface area (Å²) >= 11 is 4.94. The van der Waals surface area contributed by atoms with E-state index in [4.69, 9.17) is 31.3 Å². The van der Waals surface area contributed by atoms with E-state index in [0.717, 1.165) is 0 Å². The molecule has 3 atom stereocenters. The number of imidazole rings is 1. The highest BCUT2D eigenvalue weighted by Crippen LogP contribution is 2.41. The van der Waals surface area contributed by atoms with Crippen LogP contribution in [-0.4, -0.2) is 50.0 Å². The van der Waals surface area contributed by atoms with E-state index in [1.807, 2.05) is 20.8 Å². The number of anilines is 1. The van der Waals surface area contributed by atoms with Gasteiger partial charge in [-0.3, -0.25) is 4.57 Å². The summed E-state index contributed by atoms with van der Waals surface area (Å²) in [7, 11) is 0. The fourth-order valence-corrected chi connectivity index (χ4v) is 4.42. The molecule has 3 N–H and O–H groups in total. The largest absolute Gasteiger partial charge is 0.780 e. The van der Waals surface area contributed by atoms with Crippen LogP contribution in [0.1, 0.15) is 47.3 Å². The number of hydrogen-bond acceptors (Lipinski definition) is 10. The molecular formula is C17H29N5O5PS-. The number of hydrogen-bond donors (Lipinski definition) is 2. The van der Waals surface area contributed by atoms with Crippen LogP contribution in [0.4, 0.5) is 5.82 Å². The first-order valence-corrected chi connectivity index (χ1v) is 11.8. The van der Waals surface area contributed by atoms with Gasteiger partial charge < -0.3 is 29.5 Å². The Bertz CT molecular complexity index is 856. The van der Waals surface area contributed by atoms with Crippen molar-refractivity contribution < 1.29 is 23.8 Å². The monoisotopic (exact) mass is 446 g/mol. The van der Waals surface area contributed by atoms with Crippen molar-refractivity contribution >= 4 is 35.5 Å². The van der Waals surface area contributed by atoms with Gasteiger partial charge in [0, 0.05) is 0 Å². The van der Waals surface area contributed by atoms with Gasteiger partial charge in [-0.1, -0.05) is 32.6 Å². The first-order valence-electron chi connectivity index (χ1n) is 9.25. The zero-order valence-electron chi connectivity index (χ0n) is 17.3. The van der Waals surface area contributed by atoms with Crippen molar-refractivity contribution in [3.05, 3.63) is 12.7 Å². The number of aliphatic hydroxyl groups is 1. The molecule has 1 unspecified atom stereocenters. The number of nitrogen functional groups attached to an aromatic ring is 1. The predicted octanol–water partition coefficient (Wildman–Crippen LogP) is 1.75. The van der Waals surface area contributed by atoms with Gasteiger partial charge in [-0.15, -0.1) is 0 Å². The third-order valence-electron chi connectivity index (χ3n) is 3.80. The molecule has 0 saturated heterocycles. The lowest BCUT2D eigenvalue weighted by Gasteiger charge is -2.34. The van der Waals surface area contributed by atoms with Crippen molar-refractivity contribution in [3.8, 4) is 0 Å². The molecule has 0 aliphatic rings. The highest BCUT2D eigenvalue weighted by molar-refractivity contribution is 8.06. The van der Waals surface area contributed by atoms with Gasteiger partial charge >= 0.3 is 0 Å². The molecular weight excluding hydrogens is 417 g/mol. The van der Waals surface area contributed by atoms with E-state index < -0.39 is 19.1 Å². The molecule has 0 spiro atoms. The van der Waals surface area contributed by atoms with Crippen LogP contribution in [-0.2, 0) is 25.6 Å². The molecule has 0 aromatic carbocycles. The molecule has 0 radical (unpaired) electrons. The van der Waals surface area contributed by atoms with E-state index in [1.165, 1.54) is 12.7 Å². The summed E-state index contributed by atoms with van der Waals surface area (Å²) in [6.45, 7) is 5.53. The third-order valence-corrected chi connectivity index (χ3v) is 5.52. The van der Waals surface area contributed by atoms with E-state index in [1.54, 1.807) is 18.4 Å². The van der Waals surface area contributed by atoms with E-state index in [9.17, 15) is 10.00 Å². The fourth-order valence-electron chi connectivity index (χ4n) is 2.79. The SMILES string of the molecule is CC(C)OP([O-])(=S)OC[C@@H](CC(C)(C)C)O[C@H](CO)n1cnc2c(N)ncnc21. The first kappa shape index (κ1) is 24.1. The number of nitrogens with two attached hydrogens (primary N) is 1. The topological polar surface area (TPSA) is 141 Å². The summed E-state index contributed by atoms with van der Waals surface area (Å²) < 4.78 is 18.2. The summed E-state index contributed by atoms with van der Waals surface area (Å²) in [5.74, 6) is 0.234. The Hall–Kier alpha value is -1.20. The van der Waals surface area contributed by atoms with E-state index in [2.05, 4.69) is 15.0 Å². The van der Waals surface area contributed by atoms with Crippen molar-refractivity contribution in [3.63, 3.8) is 0 Å². The van der Waals surface area contributed by atoms with Gasteiger partial charge in [0.15, 0.2) is 17.7 Å². The number of ether oxygens (including phenoxy) is 1. The molecule has 2 aromatic heterocycles. The van der Waals surface area contributed by atoms with Crippen LogP contribution in [0, 0.1) is 5.41 Å². The van der Waals surface area contributed by atoms with Crippen molar-refractivity contribution in [1.82, 2.24) is 19.5 Å². The molecule has 0 amide bonds. The minimum atomic E-state index is -3.64. The zero-order chi connectivity index (χ0) is 21.8. The average Bonchev–Trinajstić information content (AvgIpc) is 3.00. The second-order valence-electron chi connectivity index (χ2n) is 8.14. The molecule has 0 fully saturated rings.